The van der Waals surface area contributed by atoms with Crippen LogP contribution in [-0.2, 0) is 53.0 Å². The van der Waals surface area contributed by atoms with Crippen molar-refractivity contribution in [1.29, 1.82) is 0 Å². The van der Waals surface area contributed by atoms with Crippen molar-refractivity contribution in [2.45, 2.75) is 130 Å². The van der Waals surface area contributed by atoms with Crippen LogP contribution in [0.4, 0.5) is 4.79 Å². The minimum Gasteiger partial charge on any atom is -0.497 e. The molecule has 69 heavy (non-hydrogen) atoms. The third-order valence-electron chi connectivity index (χ3n) is 11.1. The number of urea groups is 1. The summed E-state index contributed by atoms with van der Waals surface area (Å²) in [5, 5.41) is 27.7. The van der Waals surface area contributed by atoms with Crippen LogP contribution in [0, 0.1) is 5.92 Å². The lowest BCUT2D eigenvalue weighted by Crippen LogP contribution is -2.56. The lowest BCUT2D eigenvalue weighted by molar-refractivity contribution is -0.134. The molecule has 1 unspecified atom stereocenters. The molecule has 1 aromatic rings. The third-order valence-corrected chi connectivity index (χ3v) is 14.6. The highest BCUT2D eigenvalue weighted by Crippen LogP contribution is 2.33. The van der Waals surface area contributed by atoms with Crippen LogP contribution in [0.3, 0.4) is 0 Å². The predicted molar refractivity (Wildman–Crippen MR) is 248 cm³/mol. The number of ether oxygens (including phenoxy) is 1. The van der Waals surface area contributed by atoms with Crippen LogP contribution in [0.1, 0.15) is 84.5 Å². The first kappa shape index (κ1) is 57.1. The zero-order valence-electron chi connectivity index (χ0n) is 38.8. The van der Waals surface area contributed by atoms with E-state index in [1.54, 1.807) is 13.8 Å². The molecule has 0 radical (unpaired) electrons. The number of nitrogens with one attached hydrogen (secondary N) is 9. The number of benzene rings is 1. The maximum atomic E-state index is 13.7. The van der Waals surface area contributed by atoms with Gasteiger partial charge in [0.1, 0.15) is 23.9 Å². The van der Waals surface area contributed by atoms with Crippen molar-refractivity contribution in [3.63, 3.8) is 0 Å². The maximum absolute atomic E-state index is 13.7. The molecule has 14 N–H and O–H groups in total. The van der Waals surface area contributed by atoms with Crippen molar-refractivity contribution in [1.82, 2.24) is 48.0 Å². The first-order valence-electron chi connectivity index (χ1n) is 22.4. The molecule has 2 heterocycles. The number of nitrogens with two attached hydrogens (primary N) is 2. The highest BCUT2D eigenvalue weighted by atomic mass is 32.2. The average molecular weight is 1010 g/mol. The standard InChI is InChI=1S/C42H65N11O14S2/c1-23(2)18-28(50-41(62)31(19-34(56)53-64)69(65,66)25-13-11-24(67-3)12-14-25)40(61)49-27(15-16-32(43)54)39(60)47-20-35(57)46-21-36(58)48-26(38(44)59)8-6-7-17-45-33(55)10-5-4-9-30-37-29(22-68-30)51-42(63)52-37/h11-14,23,26-31,37,64H,4-10,15-22H2,1-3H3,(H2,43,54)(H2,44,59)(H,45,55)(H,46,57)(H,47,60)(H,48,58)(H,49,61)(H,50,62)(H,53,56)(H2,51,52,63)/t26-,27-,28-,29-,30-,31?,37-/m0/s1. The van der Waals surface area contributed by atoms with Crippen molar-refractivity contribution in [3.05, 3.63) is 24.3 Å². The molecular weight excluding hydrogens is 947 g/mol. The highest BCUT2D eigenvalue weighted by molar-refractivity contribution is 8.00. The first-order chi connectivity index (χ1) is 32.6. The Morgan fingerprint density at radius 3 is 2.09 bits per heavy atom. The minimum atomic E-state index is -4.63. The van der Waals surface area contributed by atoms with Gasteiger partial charge in [0, 0.05) is 30.4 Å². The molecular formula is C42H65N11O14S2. The molecule has 25 nitrogen and oxygen atoms in total. The highest BCUT2D eigenvalue weighted by Gasteiger charge is 2.43. The molecule has 0 aromatic heterocycles. The van der Waals surface area contributed by atoms with Gasteiger partial charge in [-0.05, 0) is 75.1 Å². The fourth-order valence-electron chi connectivity index (χ4n) is 7.41. The lowest BCUT2D eigenvalue weighted by atomic mass is 10.0. The summed E-state index contributed by atoms with van der Waals surface area (Å²) >= 11 is 1.82. The van der Waals surface area contributed by atoms with Gasteiger partial charge in [0.15, 0.2) is 15.1 Å². The fraction of sp³-hybridized carbons (Fsp3) is 0.619. The molecule has 27 heteroatoms. The summed E-state index contributed by atoms with van der Waals surface area (Å²) in [4.78, 5) is 125. The van der Waals surface area contributed by atoms with E-state index >= 15 is 0 Å². The molecule has 0 aliphatic carbocycles. The van der Waals surface area contributed by atoms with Crippen LogP contribution in [-0.4, -0.2) is 146 Å². The number of rotatable bonds is 31. The number of primary amides is 2. The molecule has 2 aliphatic heterocycles. The van der Waals surface area contributed by atoms with Crippen molar-refractivity contribution >= 4 is 80.8 Å². The minimum absolute atomic E-state index is 0.104. The van der Waals surface area contributed by atoms with E-state index < -0.39 is 106 Å². The van der Waals surface area contributed by atoms with Crippen LogP contribution < -0.4 is 64.2 Å². The van der Waals surface area contributed by atoms with Gasteiger partial charge in [-0.3, -0.25) is 48.4 Å². The fourth-order valence-corrected chi connectivity index (χ4v) is 10.5. The van der Waals surface area contributed by atoms with Crippen LogP contribution in [0.5, 0.6) is 5.75 Å². The number of fused-ring (bicyclic) bond motifs is 1. The summed E-state index contributed by atoms with van der Waals surface area (Å²) in [6, 6.07) is 0.919. The van der Waals surface area contributed by atoms with E-state index in [2.05, 4.69) is 42.5 Å². The number of hydrogen-bond donors (Lipinski definition) is 12. The summed E-state index contributed by atoms with van der Waals surface area (Å²) in [6.07, 6.45) is 1.91. The van der Waals surface area contributed by atoms with Gasteiger partial charge >= 0.3 is 6.03 Å². The number of hydrogen-bond acceptors (Lipinski definition) is 15. The second kappa shape index (κ2) is 28.3. The average Bonchev–Trinajstić information content (AvgIpc) is 3.86. The normalized spacial score (nSPS) is 17.9. The number of carbonyl (C=O) groups excluding carboxylic acids is 10. The van der Waals surface area contributed by atoms with Gasteiger partial charge in [0.25, 0.3) is 0 Å². The molecule has 384 valence electrons. The SMILES string of the molecule is COc1ccc(S(=O)(=O)C(CC(=O)NO)C(=O)N[C@@H](CC(C)C)C(=O)N[C@@H](CCC(N)=O)C(=O)NCC(=O)NCC(=O)N[C@@H](CCCCNC(=O)CCCC[C@@H]2SC[C@@H]3NC(=O)N[C@@H]32)C(N)=O)cc1. The molecule has 0 spiro atoms. The van der Waals surface area contributed by atoms with E-state index in [1.165, 1.54) is 24.7 Å². The van der Waals surface area contributed by atoms with Crippen LogP contribution in [0.25, 0.3) is 0 Å². The number of thioether (sulfide) groups is 1. The predicted octanol–water partition coefficient (Wildman–Crippen LogP) is -2.77. The van der Waals surface area contributed by atoms with Crippen molar-refractivity contribution < 1.29 is 66.3 Å². The summed E-state index contributed by atoms with van der Waals surface area (Å²) < 4.78 is 32.2. The second-order valence-corrected chi connectivity index (χ2v) is 20.3. The topological polar surface area (TPSA) is 395 Å². The zero-order chi connectivity index (χ0) is 51.3. The van der Waals surface area contributed by atoms with Crippen molar-refractivity contribution in [3.8, 4) is 5.75 Å². The van der Waals surface area contributed by atoms with Crippen LogP contribution >= 0.6 is 11.8 Å². The van der Waals surface area contributed by atoms with E-state index in [-0.39, 0.29) is 54.1 Å². The summed E-state index contributed by atoms with van der Waals surface area (Å²) in [5.74, 6) is -7.04. The monoisotopic (exact) mass is 1010 g/mol. The number of methoxy groups -OCH3 is 1. The Hall–Kier alpha value is -6.22. The molecule has 11 amide bonds. The maximum Gasteiger partial charge on any atom is 0.315 e. The second-order valence-electron chi connectivity index (χ2n) is 16.9. The van der Waals surface area contributed by atoms with Gasteiger partial charge in [0.2, 0.25) is 53.2 Å². The molecule has 0 saturated carbocycles. The van der Waals surface area contributed by atoms with Crippen molar-refractivity contribution in [2.24, 2.45) is 17.4 Å². The van der Waals surface area contributed by atoms with Crippen LogP contribution in [0.15, 0.2) is 29.2 Å². The largest absolute Gasteiger partial charge is 0.497 e. The smallest absolute Gasteiger partial charge is 0.315 e. The Balaban J connectivity index is 1.47. The van der Waals surface area contributed by atoms with E-state index in [9.17, 15) is 56.4 Å². The van der Waals surface area contributed by atoms with Crippen LogP contribution in [0.2, 0.25) is 0 Å². The number of carbonyl (C=O) groups is 10. The van der Waals surface area contributed by atoms with Gasteiger partial charge in [0.05, 0.1) is 43.6 Å². The molecule has 2 aliphatic rings. The van der Waals surface area contributed by atoms with Crippen molar-refractivity contribution in [2.75, 3.05) is 32.5 Å². The number of amides is 11. The number of sulfone groups is 1. The summed E-state index contributed by atoms with van der Waals surface area (Å²) in [7, 11) is -3.28. The first-order valence-corrected chi connectivity index (χ1v) is 25.0. The Labute approximate surface area is 403 Å². The molecule has 1 aromatic carbocycles. The third kappa shape index (κ3) is 19.4. The van der Waals surface area contributed by atoms with Gasteiger partial charge < -0.3 is 58.7 Å². The van der Waals surface area contributed by atoms with Gasteiger partial charge in [-0.1, -0.05) is 20.3 Å². The molecule has 2 fully saturated rings. The van der Waals surface area contributed by atoms with E-state index in [4.69, 9.17) is 21.4 Å². The zero-order valence-corrected chi connectivity index (χ0v) is 40.4. The van der Waals surface area contributed by atoms with E-state index in [1.807, 2.05) is 11.8 Å². The Kier molecular flexibility index (Phi) is 23.4. The Morgan fingerprint density at radius 1 is 0.768 bits per heavy atom. The molecule has 0 bridgehead atoms. The molecule has 7 atom stereocenters. The van der Waals surface area contributed by atoms with Gasteiger partial charge in [-0.15, -0.1) is 0 Å². The van der Waals surface area contributed by atoms with E-state index in [0.717, 1.165) is 30.7 Å². The lowest BCUT2D eigenvalue weighted by Gasteiger charge is -2.26. The van der Waals surface area contributed by atoms with E-state index in [0.29, 0.717) is 43.2 Å². The van der Waals surface area contributed by atoms with Gasteiger partial charge in [-0.25, -0.2) is 18.7 Å². The number of hydroxylamine groups is 1. The molecule has 3 rings (SSSR count). The quantitative estimate of drug-likeness (QED) is 0.0155. The Morgan fingerprint density at radius 2 is 1.45 bits per heavy atom. The van der Waals surface area contributed by atoms with Gasteiger partial charge in [-0.2, -0.15) is 11.8 Å². The number of unbranched alkanes of at least 4 members (excludes halogenated alkanes) is 2. The summed E-state index contributed by atoms with van der Waals surface area (Å²) in [5.41, 5.74) is 12.0. The molecule has 2 saturated heterocycles. The summed E-state index contributed by atoms with van der Waals surface area (Å²) in [6.45, 7) is 2.36. The Bertz CT molecular complexity index is 2110.